The smallest absolute Gasteiger partial charge is 0.289 e. The number of rotatable bonds is 6. The third-order valence-electron chi connectivity index (χ3n) is 6.33. The summed E-state index contributed by atoms with van der Waals surface area (Å²) in [5, 5.41) is 3.86. The quantitative estimate of drug-likeness (QED) is 0.390. The number of aryl methyl sites for hydroxylation is 1. The van der Waals surface area contributed by atoms with Crippen LogP contribution < -0.4 is 0 Å². The maximum Gasteiger partial charge on any atom is 0.289 e. The minimum atomic E-state index is -0.0454. The summed E-state index contributed by atoms with van der Waals surface area (Å²) in [5.41, 5.74) is 4.78. The Morgan fingerprint density at radius 2 is 1.97 bits per heavy atom. The van der Waals surface area contributed by atoms with Crippen molar-refractivity contribution in [3.8, 4) is 11.5 Å². The van der Waals surface area contributed by atoms with Gasteiger partial charge in [0.25, 0.3) is 11.8 Å². The second-order valence-electron chi connectivity index (χ2n) is 8.94. The lowest BCUT2D eigenvalue weighted by molar-refractivity contribution is 0.0598. The van der Waals surface area contributed by atoms with E-state index in [9.17, 15) is 4.79 Å². The maximum absolute atomic E-state index is 12.5. The molecule has 0 atom stereocenters. The highest BCUT2D eigenvalue weighted by Crippen LogP contribution is 2.23. The highest BCUT2D eigenvalue weighted by Gasteiger charge is 2.23. The number of nitrogens with one attached hydrogen (secondary N) is 1. The fraction of sp³-hybridized carbons (Fsp3) is 0.269. The van der Waals surface area contributed by atoms with Crippen molar-refractivity contribution in [1.29, 1.82) is 0 Å². The van der Waals surface area contributed by atoms with E-state index in [1.807, 2.05) is 35.4 Å². The summed E-state index contributed by atoms with van der Waals surface area (Å²) in [5.74, 6) is 2.29. The zero-order valence-electron chi connectivity index (χ0n) is 19.8. The first kappa shape index (κ1) is 22.2. The number of nitrogens with zero attached hydrogens (tertiary/aromatic N) is 6. The number of piperazine rings is 1. The van der Waals surface area contributed by atoms with Gasteiger partial charge in [0.1, 0.15) is 5.82 Å². The van der Waals surface area contributed by atoms with Gasteiger partial charge in [-0.2, -0.15) is 4.98 Å². The molecule has 182 valence electrons. The van der Waals surface area contributed by atoms with Crippen LogP contribution in [0.25, 0.3) is 22.5 Å². The molecule has 0 aliphatic carbocycles. The molecule has 4 aromatic heterocycles. The van der Waals surface area contributed by atoms with E-state index in [0.29, 0.717) is 37.0 Å². The first-order valence-corrected chi connectivity index (χ1v) is 11.9. The fourth-order valence-corrected chi connectivity index (χ4v) is 4.51. The van der Waals surface area contributed by atoms with Gasteiger partial charge in [0.2, 0.25) is 0 Å². The van der Waals surface area contributed by atoms with E-state index < -0.39 is 0 Å². The molecule has 1 aromatic carbocycles. The van der Waals surface area contributed by atoms with E-state index in [1.54, 1.807) is 19.1 Å². The van der Waals surface area contributed by atoms with Crippen LogP contribution in [0.15, 0.2) is 63.9 Å². The van der Waals surface area contributed by atoms with Gasteiger partial charge in [0, 0.05) is 56.6 Å². The summed E-state index contributed by atoms with van der Waals surface area (Å²) in [6.07, 6.45) is 3.98. The Balaban J connectivity index is 1.09. The average Bonchev–Trinajstić information content (AvgIpc) is 3.65. The van der Waals surface area contributed by atoms with Gasteiger partial charge in [-0.25, -0.2) is 4.98 Å². The molecule has 0 bridgehead atoms. The highest BCUT2D eigenvalue weighted by molar-refractivity contribution is 5.91. The molecule has 1 amide bonds. The van der Waals surface area contributed by atoms with Crippen molar-refractivity contribution in [3.05, 3.63) is 83.6 Å². The van der Waals surface area contributed by atoms with Gasteiger partial charge >= 0.3 is 0 Å². The zero-order valence-corrected chi connectivity index (χ0v) is 19.8. The van der Waals surface area contributed by atoms with Crippen molar-refractivity contribution >= 4 is 16.9 Å². The summed E-state index contributed by atoms with van der Waals surface area (Å²) in [7, 11) is 0. The van der Waals surface area contributed by atoms with Gasteiger partial charge in [-0.1, -0.05) is 5.16 Å². The number of hydrogen-bond acceptors (Lipinski definition) is 8. The Morgan fingerprint density at radius 1 is 1.08 bits per heavy atom. The SMILES string of the molecule is Cc1noc(-c2ccc3nc(Cc4cc(CN5CCN(C(=O)c6ccco6)CC5)ccn4)[nH]c3c2)n1. The Labute approximate surface area is 207 Å². The first-order valence-electron chi connectivity index (χ1n) is 11.9. The number of benzene rings is 1. The Morgan fingerprint density at radius 3 is 2.75 bits per heavy atom. The molecule has 10 nitrogen and oxygen atoms in total. The fourth-order valence-electron chi connectivity index (χ4n) is 4.51. The highest BCUT2D eigenvalue weighted by atomic mass is 16.5. The Kier molecular flexibility index (Phi) is 5.78. The van der Waals surface area contributed by atoms with Gasteiger partial charge in [-0.3, -0.25) is 14.7 Å². The third kappa shape index (κ3) is 4.63. The second kappa shape index (κ2) is 9.38. The number of carbonyl (C=O) groups excluding carboxylic acids is 1. The molecule has 0 spiro atoms. The molecule has 5 aromatic rings. The molecule has 1 N–H and O–H groups in total. The van der Waals surface area contributed by atoms with Crippen LogP contribution in [0.5, 0.6) is 0 Å². The van der Waals surface area contributed by atoms with E-state index in [2.05, 4.69) is 31.1 Å². The number of hydrogen-bond donors (Lipinski definition) is 1. The third-order valence-corrected chi connectivity index (χ3v) is 6.33. The minimum Gasteiger partial charge on any atom is -0.459 e. The number of carbonyl (C=O) groups is 1. The minimum absolute atomic E-state index is 0.0454. The average molecular weight is 484 g/mol. The van der Waals surface area contributed by atoms with Crippen LogP contribution in [-0.4, -0.2) is 67.0 Å². The molecule has 5 heterocycles. The monoisotopic (exact) mass is 483 g/mol. The molecule has 1 aliphatic rings. The molecule has 36 heavy (non-hydrogen) atoms. The predicted octanol–water partition coefficient (Wildman–Crippen LogP) is 3.46. The lowest BCUT2D eigenvalue weighted by Gasteiger charge is -2.34. The number of aromatic amines is 1. The molecule has 6 rings (SSSR count). The molecule has 1 fully saturated rings. The van der Waals surface area contributed by atoms with Crippen LogP contribution in [0.3, 0.4) is 0 Å². The largest absolute Gasteiger partial charge is 0.459 e. The van der Waals surface area contributed by atoms with E-state index in [0.717, 1.165) is 47.7 Å². The lowest BCUT2D eigenvalue weighted by atomic mass is 10.1. The summed E-state index contributed by atoms with van der Waals surface area (Å²) in [4.78, 5) is 33.7. The van der Waals surface area contributed by atoms with E-state index >= 15 is 0 Å². The van der Waals surface area contributed by atoms with Gasteiger partial charge in [0.05, 0.1) is 17.3 Å². The second-order valence-corrected chi connectivity index (χ2v) is 8.94. The van der Waals surface area contributed by atoms with Crippen LogP contribution in [0.4, 0.5) is 0 Å². The predicted molar refractivity (Wildman–Crippen MR) is 131 cm³/mol. The van der Waals surface area contributed by atoms with Gasteiger partial charge < -0.3 is 18.8 Å². The van der Waals surface area contributed by atoms with Crippen LogP contribution in [0.1, 0.15) is 33.5 Å². The molecule has 10 heteroatoms. The number of fused-ring (bicyclic) bond motifs is 1. The van der Waals surface area contributed by atoms with Gasteiger partial charge in [0.15, 0.2) is 11.6 Å². The van der Waals surface area contributed by atoms with Crippen molar-refractivity contribution in [1.82, 2.24) is 34.9 Å². The first-order chi connectivity index (χ1) is 17.6. The topological polar surface area (TPSA) is 117 Å². The van der Waals surface area contributed by atoms with Crippen molar-refractivity contribution in [2.75, 3.05) is 26.2 Å². The zero-order chi connectivity index (χ0) is 24.5. The number of H-pyrrole nitrogens is 1. The summed E-state index contributed by atoms with van der Waals surface area (Å²) < 4.78 is 10.5. The van der Waals surface area contributed by atoms with Gasteiger partial charge in [-0.05, 0) is 55.0 Å². The molecule has 0 saturated carbocycles. The molecule has 1 aliphatic heterocycles. The van der Waals surface area contributed by atoms with Crippen molar-refractivity contribution in [2.24, 2.45) is 0 Å². The Bertz CT molecular complexity index is 1500. The Hall–Kier alpha value is -4.31. The van der Waals surface area contributed by atoms with Crippen molar-refractivity contribution < 1.29 is 13.7 Å². The number of aromatic nitrogens is 5. The number of amides is 1. The standard InChI is InChI=1S/C26H25N7O3/c1-17-28-25(36-31-17)19-4-5-21-22(14-19)30-24(29-21)15-20-13-18(6-7-27-20)16-32-8-10-33(11-9-32)26(34)23-3-2-12-35-23/h2-7,12-14H,8-11,15-16H2,1H3,(H,29,30). The van der Waals surface area contributed by atoms with Crippen molar-refractivity contribution in [3.63, 3.8) is 0 Å². The lowest BCUT2D eigenvalue weighted by Crippen LogP contribution is -2.48. The molecular weight excluding hydrogens is 458 g/mol. The van der Waals surface area contributed by atoms with Crippen molar-refractivity contribution in [2.45, 2.75) is 19.9 Å². The number of imidazole rings is 1. The van der Waals surface area contributed by atoms with E-state index in [1.165, 1.54) is 11.8 Å². The summed E-state index contributed by atoms with van der Waals surface area (Å²) in [6.45, 7) is 5.60. The van der Waals surface area contributed by atoms with Crippen LogP contribution >= 0.6 is 0 Å². The van der Waals surface area contributed by atoms with Gasteiger partial charge in [-0.15, -0.1) is 0 Å². The van der Waals surface area contributed by atoms with Crippen LogP contribution in [-0.2, 0) is 13.0 Å². The normalized spacial score (nSPS) is 14.5. The van der Waals surface area contributed by atoms with E-state index in [4.69, 9.17) is 13.9 Å². The van der Waals surface area contributed by atoms with Crippen LogP contribution in [0, 0.1) is 6.92 Å². The molecule has 0 unspecified atom stereocenters. The van der Waals surface area contributed by atoms with Crippen LogP contribution in [0.2, 0.25) is 0 Å². The summed E-state index contributed by atoms with van der Waals surface area (Å²) in [6, 6.07) is 13.5. The number of pyridine rings is 1. The molecular formula is C26H25N7O3. The maximum atomic E-state index is 12.5. The van der Waals surface area contributed by atoms with E-state index in [-0.39, 0.29) is 5.91 Å². The summed E-state index contributed by atoms with van der Waals surface area (Å²) >= 11 is 0. The number of furan rings is 1. The molecule has 1 saturated heterocycles. The molecule has 0 radical (unpaired) electrons.